The van der Waals surface area contributed by atoms with Crippen LogP contribution in [0.15, 0.2) is 44.2 Å². The molecule has 0 atom stereocenters. The van der Waals surface area contributed by atoms with Gasteiger partial charge in [0.05, 0.1) is 4.90 Å². The number of rotatable bonds is 1. The molecule has 0 radical (unpaired) electrons. The largest absolute Gasteiger partial charge is 0.353 e. The van der Waals surface area contributed by atoms with Crippen LogP contribution in [0, 0.1) is 0 Å². The maximum Gasteiger partial charge on any atom is 0.353 e. The highest BCUT2D eigenvalue weighted by Crippen LogP contribution is 2.36. The van der Waals surface area contributed by atoms with Crippen LogP contribution in [-0.2, 0) is 40.8 Å². The van der Waals surface area contributed by atoms with Crippen molar-refractivity contribution >= 4 is 94.8 Å². The van der Waals surface area contributed by atoms with Crippen LogP contribution < -0.4 is 9.80 Å². The Morgan fingerprint density at radius 3 is 1.77 bits per heavy atom. The van der Waals surface area contributed by atoms with E-state index in [0.717, 1.165) is 35.1 Å². The van der Waals surface area contributed by atoms with E-state index in [4.69, 9.17) is 23.7 Å². The summed E-state index contributed by atoms with van der Waals surface area (Å²) < 4.78 is 49.4. The Balaban J connectivity index is 0.000000212. The minimum absolute atomic E-state index is 0.00827. The predicted molar refractivity (Wildman–Crippen MR) is 142 cm³/mol. The first-order chi connectivity index (χ1) is 16.0. The number of anilines is 2. The molecule has 4 rings (SSSR count). The SMILES string of the molecule is CC(=O)N1CCc2cc(Br)c(S(=O)(=O)Cl)cc21.CC(=O)N1CCc2cc(Br)ccc21.O=S(=O)(O)Cl. The molecule has 1 N–H and O–H groups in total. The first-order valence-electron chi connectivity index (χ1n) is 9.77. The van der Waals surface area contributed by atoms with Gasteiger partial charge in [-0.05, 0) is 70.2 Å². The molecule has 0 unspecified atom stereocenters. The molecule has 35 heavy (non-hydrogen) atoms. The minimum Gasteiger partial charge on any atom is -0.312 e. The molecule has 2 aromatic carbocycles. The van der Waals surface area contributed by atoms with Gasteiger partial charge in [0.1, 0.15) is 0 Å². The first-order valence-corrected chi connectivity index (χ1v) is 15.9. The average molecular weight is 695 g/mol. The maximum atomic E-state index is 11.4. The highest BCUT2D eigenvalue weighted by atomic mass is 79.9. The number of hydrogen-bond acceptors (Lipinski definition) is 6. The van der Waals surface area contributed by atoms with Gasteiger partial charge in [-0.25, -0.2) is 8.42 Å². The van der Waals surface area contributed by atoms with Crippen LogP contribution in [0.5, 0.6) is 0 Å². The molecule has 2 aliphatic rings. The van der Waals surface area contributed by atoms with Crippen LogP contribution in [0.1, 0.15) is 25.0 Å². The van der Waals surface area contributed by atoms with E-state index in [1.165, 1.54) is 18.6 Å². The van der Waals surface area contributed by atoms with Crippen molar-refractivity contribution in [2.24, 2.45) is 0 Å². The molecule has 0 aliphatic carbocycles. The van der Waals surface area contributed by atoms with E-state index in [2.05, 4.69) is 48.6 Å². The number of benzene rings is 2. The highest BCUT2D eigenvalue weighted by molar-refractivity contribution is 9.10. The van der Waals surface area contributed by atoms with Crippen molar-refractivity contribution in [1.82, 2.24) is 0 Å². The van der Waals surface area contributed by atoms with Gasteiger partial charge < -0.3 is 9.80 Å². The fourth-order valence-electron chi connectivity index (χ4n) is 3.60. The second kappa shape index (κ2) is 11.9. The van der Waals surface area contributed by atoms with Crippen molar-refractivity contribution in [3.8, 4) is 0 Å². The van der Waals surface area contributed by atoms with E-state index >= 15 is 0 Å². The fourth-order valence-corrected chi connectivity index (χ4v) is 6.24. The number of nitrogens with zero attached hydrogens (tertiary/aromatic N) is 2. The Morgan fingerprint density at radius 2 is 1.31 bits per heavy atom. The summed E-state index contributed by atoms with van der Waals surface area (Å²) in [5.74, 6) is 0.0186. The third kappa shape index (κ3) is 8.69. The monoisotopic (exact) mass is 692 g/mol. The standard InChI is InChI=1S/C10H9BrClNO3S.C10H10BrNO.ClHO3S/c1-6(14)13-3-2-7-4-8(11)10(5-9(7)13)17(12,15)16;1-7(13)12-5-4-8-6-9(11)2-3-10(8)12;1-5(2,3)4/h4-5H,2-3H2,1H3;2-3,6H,4-5H2,1H3;(H,2,3,4). The number of fused-ring (bicyclic) bond motifs is 2. The van der Waals surface area contributed by atoms with Crippen LogP contribution in [-0.4, -0.2) is 46.3 Å². The van der Waals surface area contributed by atoms with Gasteiger partial charge in [0, 0.05) is 68.6 Å². The van der Waals surface area contributed by atoms with Gasteiger partial charge in [0.15, 0.2) is 0 Å². The summed E-state index contributed by atoms with van der Waals surface area (Å²) in [6.45, 7) is 4.45. The van der Waals surface area contributed by atoms with E-state index in [0.29, 0.717) is 16.7 Å². The molecule has 9 nitrogen and oxygen atoms in total. The van der Waals surface area contributed by atoms with Crippen LogP contribution in [0.3, 0.4) is 0 Å². The topological polar surface area (TPSA) is 129 Å². The van der Waals surface area contributed by atoms with Gasteiger partial charge in [0.2, 0.25) is 11.8 Å². The van der Waals surface area contributed by atoms with Gasteiger partial charge in [-0.3, -0.25) is 14.1 Å². The van der Waals surface area contributed by atoms with Crippen molar-refractivity contribution < 1.29 is 31.0 Å². The summed E-state index contributed by atoms with van der Waals surface area (Å²) in [5.41, 5.74) is 3.89. The lowest BCUT2D eigenvalue weighted by Crippen LogP contribution is -2.25. The van der Waals surface area contributed by atoms with E-state index in [1.54, 1.807) is 17.9 Å². The Labute approximate surface area is 229 Å². The number of carbonyl (C=O) groups is 2. The minimum atomic E-state index is -4.19. The zero-order chi connectivity index (χ0) is 26.7. The molecule has 0 fully saturated rings. The predicted octanol–water partition coefficient (Wildman–Crippen LogP) is 4.67. The molecular formula is C20H20Br2Cl2N2O7S2. The second-order valence-corrected chi connectivity index (χ2v) is 13.7. The second-order valence-electron chi connectivity index (χ2n) is 7.38. The molecule has 0 saturated carbocycles. The molecular weight excluding hydrogens is 675 g/mol. The summed E-state index contributed by atoms with van der Waals surface area (Å²) >= 11 is 6.59. The quantitative estimate of drug-likeness (QED) is 0.339. The van der Waals surface area contributed by atoms with Crippen LogP contribution >= 0.6 is 53.2 Å². The van der Waals surface area contributed by atoms with Crippen molar-refractivity contribution in [1.29, 1.82) is 0 Å². The fraction of sp³-hybridized carbons (Fsp3) is 0.300. The number of carbonyl (C=O) groups excluding carboxylic acids is 2. The van der Waals surface area contributed by atoms with Crippen molar-refractivity contribution in [2.75, 3.05) is 22.9 Å². The molecule has 0 bridgehead atoms. The van der Waals surface area contributed by atoms with Crippen LogP contribution in [0.2, 0.25) is 0 Å². The van der Waals surface area contributed by atoms with Gasteiger partial charge in [-0.15, -0.1) is 0 Å². The lowest BCUT2D eigenvalue weighted by Gasteiger charge is -2.15. The molecule has 0 aromatic heterocycles. The van der Waals surface area contributed by atoms with Gasteiger partial charge in [-0.2, -0.15) is 8.42 Å². The zero-order valence-corrected chi connectivity index (χ0v) is 24.7. The average Bonchev–Trinajstić information content (AvgIpc) is 3.29. The molecule has 2 heterocycles. The molecule has 0 spiro atoms. The van der Waals surface area contributed by atoms with E-state index < -0.39 is 18.4 Å². The Hall–Kier alpha value is -1.22. The molecule has 0 saturated heterocycles. The van der Waals surface area contributed by atoms with E-state index in [1.807, 2.05) is 17.0 Å². The molecule has 2 aromatic rings. The van der Waals surface area contributed by atoms with Gasteiger partial charge in [0.25, 0.3) is 9.05 Å². The molecule has 192 valence electrons. The summed E-state index contributed by atoms with van der Waals surface area (Å²) in [6, 6.07) is 9.19. The lowest BCUT2D eigenvalue weighted by atomic mass is 10.2. The normalized spacial score (nSPS) is 14.3. The maximum absolute atomic E-state index is 11.4. The van der Waals surface area contributed by atoms with Crippen molar-refractivity contribution in [3.63, 3.8) is 0 Å². The Kier molecular flexibility index (Phi) is 10.2. The molecule has 2 aliphatic heterocycles. The molecule has 2 amide bonds. The summed E-state index contributed by atoms with van der Waals surface area (Å²) in [7, 11) is 1.38. The Morgan fingerprint density at radius 1 is 0.857 bits per heavy atom. The number of halogens is 4. The van der Waals surface area contributed by atoms with Crippen molar-refractivity contribution in [3.05, 3.63) is 50.4 Å². The summed E-state index contributed by atoms with van der Waals surface area (Å²) in [4.78, 5) is 26.0. The van der Waals surface area contributed by atoms with Gasteiger partial charge >= 0.3 is 9.33 Å². The number of amides is 2. The Bertz CT molecular complexity index is 1360. The van der Waals surface area contributed by atoms with Crippen molar-refractivity contribution in [2.45, 2.75) is 31.6 Å². The van der Waals surface area contributed by atoms with E-state index in [9.17, 15) is 18.0 Å². The summed E-state index contributed by atoms with van der Waals surface area (Å²) in [5, 5.41) is 0. The van der Waals surface area contributed by atoms with Crippen LogP contribution in [0.25, 0.3) is 0 Å². The van der Waals surface area contributed by atoms with E-state index in [-0.39, 0.29) is 16.7 Å². The first kappa shape index (κ1) is 30.0. The summed E-state index contributed by atoms with van der Waals surface area (Å²) in [6.07, 6.45) is 1.68. The van der Waals surface area contributed by atoms with Gasteiger partial charge in [-0.1, -0.05) is 15.9 Å². The van der Waals surface area contributed by atoms with Crippen LogP contribution in [0.4, 0.5) is 11.4 Å². The lowest BCUT2D eigenvalue weighted by molar-refractivity contribution is -0.117. The smallest absolute Gasteiger partial charge is 0.312 e. The molecule has 15 heteroatoms. The zero-order valence-electron chi connectivity index (χ0n) is 18.3. The third-order valence-corrected chi connectivity index (χ3v) is 7.76. The number of hydrogen-bond donors (Lipinski definition) is 1. The highest BCUT2D eigenvalue weighted by Gasteiger charge is 2.26. The third-order valence-electron chi connectivity index (χ3n) is 4.99.